The first-order valence-corrected chi connectivity index (χ1v) is 7.25. The third-order valence-corrected chi connectivity index (χ3v) is 3.48. The minimum Gasteiger partial charge on any atom is -0.453 e. The summed E-state index contributed by atoms with van der Waals surface area (Å²) in [6, 6.07) is 8.57. The molecule has 1 N–H and O–H groups in total. The summed E-state index contributed by atoms with van der Waals surface area (Å²) in [5, 5.41) is 11.5. The number of allylic oxidation sites excluding steroid dienone is 2. The standard InChI is InChI=1S/C17H18N2O3/c1-12(22-16(20)10-13-5-2-3-6-13)17(21)19-15-8-4-7-14(9-15)11-18/h2,4-5,7-9,12-13H,3,6,10H2,1H3,(H,19,21)/t12-,13-/m1/s1. The van der Waals surface area contributed by atoms with E-state index in [0.29, 0.717) is 17.7 Å². The van der Waals surface area contributed by atoms with Crippen molar-refractivity contribution < 1.29 is 14.3 Å². The van der Waals surface area contributed by atoms with Crippen LogP contribution in [0.2, 0.25) is 0 Å². The summed E-state index contributed by atoms with van der Waals surface area (Å²) >= 11 is 0. The minimum atomic E-state index is -0.872. The highest BCUT2D eigenvalue weighted by molar-refractivity contribution is 5.95. The molecule has 0 spiro atoms. The molecule has 0 bridgehead atoms. The van der Waals surface area contributed by atoms with E-state index < -0.39 is 12.0 Å². The average molecular weight is 298 g/mol. The monoisotopic (exact) mass is 298 g/mol. The quantitative estimate of drug-likeness (QED) is 0.669. The Morgan fingerprint density at radius 1 is 1.50 bits per heavy atom. The van der Waals surface area contributed by atoms with Gasteiger partial charge in [-0.1, -0.05) is 18.2 Å². The number of nitrogens with one attached hydrogen (secondary N) is 1. The lowest BCUT2D eigenvalue weighted by atomic mass is 10.1. The highest BCUT2D eigenvalue weighted by Gasteiger charge is 2.21. The lowest BCUT2D eigenvalue weighted by Crippen LogP contribution is -2.30. The molecule has 2 atom stereocenters. The predicted molar refractivity (Wildman–Crippen MR) is 81.8 cm³/mol. The molecule has 0 radical (unpaired) electrons. The van der Waals surface area contributed by atoms with E-state index in [1.54, 1.807) is 24.3 Å². The molecule has 1 aromatic rings. The minimum absolute atomic E-state index is 0.218. The number of anilines is 1. The highest BCUT2D eigenvalue weighted by atomic mass is 16.5. The molecule has 0 unspecified atom stereocenters. The predicted octanol–water partition coefficient (Wildman–Crippen LogP) is 2.78. The lowest BCUT2D eigenvalue weighted by Gasteiger charge is -2.15. The van der Waals surface area contributed by atoms with Crippen LogP contribution in [0.15, 0.2) is 36.4 Å². The van der Waals surface area contributed by atoms with E-state index in [9.17, 15) is 9.59 Å². The number of nitriles is 1. The van der Waals surface area contributed by atoms with Crippen molar-refractivity contribution in [2.75, 3.05) is 5.32 Å². The van der Waals surface area contributed by atoms with Crippen LogP contribution in [-0.2, 0) is 14.3 Å². The van der Waals surface area contributed by atoms with Gasteiger partial charge < -0.3 is 10.1 Å². The van der Waals surface area contributed by atoms with Crippen molar-refractivity contribution in [2.24, 2.45) is 5.92 Å². The molecule has 0 fully saturated rings. The zero-order chi connectivity index (χ0) is 15.9. The molecular weight excluding hydrogens is 280 g/mol. The molecule has 1 aliphatic rings. The normalized spacial score (nSPS) is 17.5. The average Bonchev–Trinajstić information content (AvgIpc) is 3.00. The summed E-state index contributed by atoms with van der Waals surface area (Å²) in [7, 11) is 0. The van der Waals surface area contributed by atoms with Crippen LogP contribution in [0.25, 0.3) is 0 Å². The molecule has 0 saturated carbocycles. The number of hydrogen-bond donors (Lipinski definition) is 1. The zero-order valence-corrected chi connectivity index (χ0v) is 12.4. The van der Waals surface area contributed by atoms with E-state index in [4.69, 9.17) is 10.00 Å². The van der Waals surface area contributed by atoms with Crippen LogP contribution in [0, 0.1) is 17.2 Å². The Morgan fingerprint density at radius 3 is 3.00 bits per heavy atom. The van der Waals surface area contributed by atoms with Crippen LogP contribution in [0.4, 0.5) is 5.69 Å². The van der Waals surface area contributed by atoms with Gasteiger partial charge in [0.25, 0.3) is 5.91 Å². The van der Waals surface area contributed by atoms with Crippen LogP contribution in [0.3, 0.4) is 0 Å². The molecular formula is C17H18N2O3. The first kappa shape index (κ1) is 15.8. The van der Waals surface area contributed by atoms with Crippen LogP contribution >= 0.6 is 0 Å². The van der Waals surface area contributed by atoms with Crippen molar-refractivity contribution in [3.8, 4) is 6.07 Å². The number of rotatable bonds is 5. The summed E-state index contributed by atoms with van der Waals surface area (Å²) < 4.78 is 5.15. The molecule has 0 aliphatic heterocycles. The lowest BCUT2D eigenvalue weighted by molar-refractivity contribution is -0.153. The van der Waals surface area contributed by atoms with E-state index in [2.05, 4.69) is 11.4 Å². The van der Waals surface area contributed by atoms with Gasteiger partial charge in [0, 0.05) is 5.69 Å². The second-order valence-corrected chi connectivity index (χ2v) is 5.28. The number of carbonyl (C=O) groups is 2. The Morgan fingerprint density at radius 2 is 2.32 bits per heavy atom. The number of esters is 1. The summed E-state index contributed by atoms with van der Waals surface area (Å²) in [6.07, 6.45) is 5.44. The molecule has 22 heavy (non-hydrogen) atoms. The van der Waals surface area contributed by atoms with Gasteiger partial charge in [-0.05, 0) is 43.9 Å². The van der Waals surface area contributed by atoms with E-state index in [1.807, 2.05) is 12.1 Å². The van der Waals surface area contributed by atoms with Gasteiger partial charge in [0.05, 0.1) is 18.1 Å². The maximum absolute atomic E-state index is 12.0. The Kier molecular flexibility index (Phi) is 5.31. The third kappa shape index (κ3) is 4.45. The zero-order valence-electron chi connectivity index (χ0n) is 12.4. The topological polar surface area (TPSA) is 79.2 Å². The molecule has 0 aromatic heterocycles. The molecule has 1 aliphatic carbocycles. The smallest absolute Gasteiger partial charge is 0.307 e. The molecule has 114 valence electrons. The Hall–Kier alpha value is -2.61. The molecule has 5 heteroatoms. The van der Waals surface area contributed by atoms with Gasteiger partial charge in [0.2, 0.25) is 0 Å². The summed E-state index contributed by atoms with van der Waals surface area (Å²) in [5.41, 5.74) is 0.959. The highest BCUT2D eigenvalue weighted by Crippen LogP contribution is 2.21. The maximum Gasteiger partial charge on any atom is 0.307 e. The van der Waals surface area contributed by atoms with Crippen molar-refractivity contribution in [3.05, 3.63) is 42.0 Å². The summed E-state index contributed by atoms with van der Waals surface area (Å²) in [4.78, 5) is 23.8. The molecule has 0 saturated heterocycles. The third-order valence-electron chi connectivity index (χ3n) is 3.48. The van der Waals surface area contributed by atoms with E-state index in [1.165, 1.54) is 6.92 Å². The van der Waals surface area contributed by atoms with E-state index in [-0.39, 0.29) is 11.9 Å². The number of amides is 1. The van der Waals surface area contributed by atoms with E-state index >= 15 is 0 Å². The fourth-order valence-electron chi connectivity index (χ4n) is 2.29. The fraction of sp³-hybridized carbons (Fsp3) is 0.353. The van der Waals surface area contributed by atoms with Gasteiger partial charge in [-0.25, -0.2) is 0 Å². The SMILES string of the molecule is C[C@@H](OC(=O)C[C@@H]1C=CCC1)C(=O)Nc1cccc(C#N)c1. The number of ether oxygens (including phenoxy) is 1. The number of benzene rings is 1. The number of hydrogen-bond acceptors (Lipinski definition) is 4. The molecule has 5 nitrogen and oxygen atoms in total. The first-order chi connectivity index (χ1) is 10.6. The molecule has 2 rings (SSSR count). The van der Waals surface area contributed by atoms with Crippen LogP contribution < -0.4 is 5.32 Å². The summed E-state index contributed by atoms with van der Waals surface area (Å²) in [6.45, 7) is 1.53. The van der Waals surface area contributed by atoms with Crippen molar-refractivity contribution >= 4 is 17.6 Å². The molecule has 0 heterocycles. The Balaban J connectivity index is 1.84. The Bertz CT molecular complexity index is 631. The van der Waals surface area contributed by atoms with Gasteiger partial charge in [-0.3, -0.25) is 9.59 Å². The van der Waals surface area contributed by atoms with Crippen molar-refractivity contribution in [2.45, 2.75) is 32.3 Å². The largest absolute Gasteiger partial charge is 0.453 e. The second kappa shape index (κ2) is 7.41. The van der Waals surface area contributed by atoms with Gasteiger partial charge in [0.15, 0.2) is 6.10 Å². The van der Waals surface area contributed by atoms with Gasteiger partial charge in [0.1, 0.15) is 0 Å². The van der Waals surface area contributed by atoms with Gasteiger partial charge >= 0.3 is 5.97 Å². The maximum atomic E-state index is 12.0. The Labute approximate surface area is 129 Å². The molecule has 1 amide bonds. The number of carbonyl (C=O) groups excluding carboxylic acids is 2. The van der Waals surface area contributed by atoms with E-state index in [0.717, 1.165) is 12.8 Å². The number of nitrogens with zero attached hydrogens (tertiary/aromatic N) is 1. The molecule has 1 aromatic carbocycles. The fourth-order valence-corrected chi connectivity index (χ4v) is 2.29. The van der Waals surface area contributed by atoms with Crippen molar-refractivity contribution in [1.29, 1.82) is 5.26 Å². The van der Waals surface area contributed by atoms with Crippen LogP contribution in [0.5, 0.6) is 0 Å². The van der Waals surface area contributed by atoms with Crippen molar-refractivity contribution in [1.82, 2.24) is 0 Å². The second-order valence-electron chi connectivity index (χ2n) is 5.28. The first-order valence-electron chi connectivity index (χ1n) is 7.25. The van der Waals surface area contributed by atoms with Gasteiger partial charge in [-0.2, -0.15) is 5.26 Å². The van der Waals surface area contributed by atoms with Gasteiger partial charge in [-0.15, -0.1) is 0 Å². The van der Waals surface area contributed by atoms with Crippen LogP contribution in [-0.4, -0.2) is 18.0 Å². The summed E-state index contributed by atoms with van der Waals surface area (Å²) in [5.74, 6) is -0.564. The van der Waals surface area contributed by atoms with Crippen LogP contribution in [0.1, 0.15) is 31.7 Å². The van der Waals surface area contributed by atoms with Crippen molar-refractivity contribution in [3.63, 3.8) is 0 Å².